The van der Waals surface area contributed by atoms with Crippen molar-refractivity contribution in [3.63, 3.8) is 0 Å². The summed E-state index contributed by atoms with van der Waals surface area (Å²) in [7, 11) is 0. The third-order valence-electron chi connectivity index (χ3n) is 4.05. The van der Waals surface area contributed by atoms with E-state index in [4.69, 9.17) is 27.9 Å². The topological polar surface area (TPSA) is 9.23 Å². The van der Waals surface area contributed by atoms with E-state index in [0.717, 1.165) is 34.4 Å². The van der Waals surface area contributed by atoms with Crippen molar-refractivity contribution < 1.29 is 4.74 Å². The van der Waals surface area contributed by atoms with Gasteiger partial charge in [-0.25, -0.2) is 0 Å². The fourth-order valence-corrected chi connectivity index (χ4v) is 3.44. The number of rotatable bonds is 4. The lowest BCUT2D eigenvalue weighted by molar-refractivity contribution is 0.340. The van der Waals surface area contributed by atoms with Gasteiger partial charge in [0.1, 0.15) is 5.75 Å². The molecule has 24 heavy (non-hydrogen) atoms. The summed E-state index contributed by atoms with van der Waals surface area (Å²) in [4.78, 5) is 0. The second-order valence-corrected chi connectivity index (χ2v) is 6.51. The Morgan fingerprint density at radius 2 is 1.71 bits per heavy atom. The average molecular weight is 358 g/mol. The van der Waals surface area contributed by atoms with E-state index in [2.05, 4.69) is 31.5 Å². The number of benzene rings is 2. The summed E-state index contributed by atoms with van der Waals surface area (Å²) in [5.41, 5.74) is 5.42. The fourth-order valence-electron chi connectivity index (χ4n) is 2.85. The highest BCUT2D eigenvalue weighted by Gasteiger charge is 2.21. The lowest BCUT2D eigenvalue weighted by Gasteiger charge is -2.21. The van der Waals surface area contributed by atoms with Gasteiger partial charge < -0.3 is 4.74 Å². The molecular formula is C21H19Cl2O. The molecule has 2 aromatic carbocycles. The van der Waals surface area contributed by atoms with E-state index in [1.807, 2.05) is 37.3 Å². The highest BCUT2D eigenvalue weighted by atomic mass is 35.5. The van der Waals surface area contributed by atoms with Crippen LogP contribution in [0, 0.1) is 13.3 Å². The third kappa shape index (κ3) is 3.53. The Bertz CT molecular complexity index is 801. The fraction of sp³-hybridized carbons (Fsp3) is 0.190. The zero-order valence-corrected chi connectivity index (χ0v) is 15.3. The van der Waals surface area contributed by atoms with Crippen LogP contribution >= 0.6 is 23.2 Å². The summed E-state index contributed by atoms with van der Waals surface area (Å²) in [6.45, 7) is 4.70. The molecule has 0 heterocycles. The third-order valence-corrected chi connectivity index (χ3v) is 4.95. The van der Waals surface area contributed by atoms with Gasteiger partial charge in [0.05, 0.1) is 16.7 Å². The van der Waals surface area contributed by atoms with Crippen molar-refractivity contribution >= 4 is 34.3 Å². The van der Waals surface area contributed by atoms with Gasteiger partial charge in [0.2, 0.25) is 0 Å². The van der Waals surface area contributed by atoms with Gasteiger partial charge in [-0.2, -0.15) is 0 Å². The van der Waals surface area contributed by atoms with Crippen LogP contribution in [0.25, 0.3) is 11.1 Å². The number of halogens is 2. The Morgan fingerprint density at radius 1 is 0.958 bits per heavy atom. The van der Waals surface area contributed by atoms with Gasteiger partial charge in [-0.3, -0.25) is 0 Å². The Kier molecular flexibility index (Phi) is 5.33. The van der Waals surface area contributed by atoms with Crippen LogP contribution in [-0.4, -0.2) is 6.61 Å². The predicted octanol–water partition coefficient (Wildman–Crippen LogP) is 6.60. The maximum atomic E-state index is 6.59. The zero-order valence-electron chi connectivity index (χ0n) is 13.8. The number of aryl methyl sites for hydroxylation is 1. The van der Waals surface area contributed by atoms with Crippen molar-refractivity contribution in [1.82, 2.24) is 0 Å². The first kappa shape index (κ1) is 17.1. The standard InChI is InChI=1S/C21H19Cl2O/c1-3-24-17-9-7-15(8-10-17)18-11-12-19(21(23)20(18)22)16-6-4-5-14(2)13-16/h4-10,12-13H,3,11H2,1-2H3. The second kappa shape index (κ2) is 7.46. The van der Waals surface area contributed by atoms with Crippen molar-refractivity contribution in [3.05, 3.63) is 81.7 Å². The summed E-state index contributed by atoms with van der Waals surface area (Å²) >= 11 is 13.2. The largest absolute Gasteiger partial charge is 0.494 e. The molecule has 0 aromatic heterocycles. The monoisotopic (exact) mass is 357 g/mol. The maximum Gasteiger partial charge on any atom is 0.119 e. The molecule has 0 saturated heterocycles. The van der Waals surface area contributed by atoms with E-state index in [-0.39, 0.29) is 0 Å². The molecule has 0 unspecified atom stereocenters. The summed E-state index contributed by atoms with van der Waals surface area (Å²) in [6, 6.07) is 16.3. The van der Waals surface area contributed by atoms with E-state index in [1.54, 1.807) is 0 Å². The van der Waals surface area contributed by atoms with Crippen molar-refractivity contribution in [1.29, 1.82) is 0 Å². The maximum absolute atomic E-state index is 6.59. The molecular weight excluding hydrogens is 339 g/mol. The number of hydrogen-bond acceptors (Lipinski definition) is 1. The lowest BCUT2D eigenvalue weighted by atomic mass is 9.89. The Balaban J connectivity index is 1.96. The predicted molar refractivity (Wildman–Crippen MR) is 103 cm³/mol. The van der Waals surface area contributed by atoms with Crippen LogP contribution < -0.4 is 4.74 Å². The first-order chi connectivity index (χ1) is 11.6. The number of allylic oxidation sites excluding steroid dienone is 4. The summed E-state index contributed by atoms with van der Waals surface area (Å²) in [6.07, 6.45) is 2.90. The normalized spacial score (nSPS) is 15.0. The highest BCUT2D eigenvalue weighted by Crippen LogP contribution is 2.43. The van der Waals surface area contributed by atoms with Crippen molar-refractivity contribution in [2.75, 3.05) is 6.61 Å². The summed E-state index contributed by atoms with van der Waals surface area (Å²) in [5, 5.41) is 1.23. The SMILES string of the molecule is CCOc1ccc(C2=C(Cl)C(Cl)=C(c3cccc(C)c3)[CH]C2)cc1. The van der Waals surface area contributed by atoms with Crippen LogP contribution in [0.2, 0.25) is 0 Å². The van der Waals surface area contributed by atoms with Crippen LogP contribution in [-0.2, 0) is 0 Å². The van der Waals surface area contributed by atoms with E-state index in [9.17, 15) is 0 Å². The summed E-state index contributed by atoms with van der Waals surface area (Å²) < 4.78 is 5.49. The molecule has 0 fully saturated rings. The highest BCUT2D eigenvalue weighted by molar-refractivity contribution is 6.48. The molecule has 0 spiro atoms. The van der Waals surface area contributed by atoms with Gasteiger partial charge in [-0.15, -0.1) is 0 Å². The van der Waals surface area contributed by atoms with Crippen molar-refractivity contribution in [3.8, 4) is 5.75 Å². The summed E-state index contributed by atoms with van der Waals surface area (Å²) in [5.74, 6) is 0.861. The molecule has 0 bridgehead atoms. The molecule has 1 radical (unpaired) electrons. The Morgan fingerprint density at radius 3 is 2.38 bits per heavy atom. The zero-order chi connectivity index (χ0) is 17.1. The van der Waals surface area contributed by atoms with E-state index in [0.29, 0.717) is 16.7 Å². The van der Waals surface area contributed by atoms with Crippen molar-refractivity contribution in [2.45, 2.75) is 20.3 Å². The van der Waals surface area contributed by atoms with Crippen LogP contribution in [0.5, 0.6) is 5.75 Å². The van der Waals surface area contributed by atoms with E-state index >= 15 is 0 Å². The van der Waals surface area contributed by atoms with Crippen LogP contribution in [0.4, 0.5) is 0 Å². The molecule has 1 aliphatic rings. The molecule has 2 aromatic rings. The van der Waals surface area contributed by atoms with Gasteiger partial charge >= 0.3 is 0 Å². The van der Waals surface area contributed by atoms with Gasteiger partial charge in [-0.1, -0.05) is 65.2 Å². The Labute approximate surface area is 153 Å². The molecule has 1 nitrogen and oxygen atoms in total. The quantitative estimate of drug-likeness (QED) is 0.598. The number of ether oxygens (including phenoxy) is 1. The van der Waals surface area contributed by atoms with Crippen LogP contribution in [0.3, 0.4) is 0 Å². The van der Waals surface area contributed by atoms with Crippen LogP contribution in [0.1, 0.15) is 30.0 Å². The van der Waals surface area contributed by atoms with Gasteiger partial charge in [0, 0.05) is 0 Å². The van der Waals surface area contributed by atoms with E-state index < -0.39 is 0 Å². The molecule has 0 amide bonds. The van der Waals surface area contributed by atoms with Crippen molar-refractivity contribution in [2.24, 2.45) is 0 Å². The second-order valence-electron chi connectivity index (χ2n) is 5.76. The minimum atomic E-state index is 0.609. The van der Waals surface area contributed by atoms with Gasteiger partial charge in [0.25, 0.3) is 0 Å². The average Bonchev–Trinajstić information content (AvgIpc) is 2.58. The first-order valence-electron chi connectivity index (χ1n) is 8.02. The van der Waals surface area contributed by atoms with Gasteiger partial charge in [0.15, 0.2) is 0 Å². The molecule has 3 rings (SSSR count). The molecule has 0 saturated carbocycles. The molecule has 3 heteroatoms. The first-order valence-corrected chi connectivity index (χ1v) is 8.78. The van der Waals surface area contributed by atoms with Crippen LogP contribution in [0.15, 0.2) is 58.6 Å². The molecule has 0 N–H and O–H groups in total. The molecule has 123 valence electrons. The lowest BCUT2D eigenvalue weighted by Crippen LogP contribution is -2.01. The Hall–Kier alpha value is -1.70. The molecule has 0 aliphatic heterocycles. The van der Waals surface area contributed by atoms with E-state index in [1.165, 1.54) is 5.56 Å². The minimum absolute atomic E-state index is 0.609. The smallest absolute Gasteiger partial charge is 0.119 e. The minimum Gasteiger partial charge on any atom is -0.494 e. The molecule has 1 aliphatic carbocycles. The van der Waals surface area contributed by atoms with Gasteiger partial charge in [-0.05, 0) is 61.1 Å². The molecule has 0 atom stereocenters. The number of hydrogen-bond donors (Lipinski definition) is 0.